The molecule has 2 aliphatic heterocycles. The molecule has 1 aliphatic carbocycles. The predicted molar refractivity (Wildman–Crippen MR) is 97.7 cm³/mol. The number of carbonyl (C=O) groups excluding carboxylic acids is 1. The highest BCUT2D eigenvalue weighted by Crippen LogP contribution is 2.45. The van der Waals surface area contributed by atoms with Crippen molar-refractivity contribution in [3.8, 4) is 0 Å². The van der Waals surface area contributed by atoms with Gasteiger partial charge in [0.05, 0.1) is 12.5 Å². The van der Waals surface area contributed by atoms with E-state index in [1.807, 2.05) is 0 Å². The van der Waals surface area contributed by atoms with Crippen molar-refractivity contribution < 1.29 is 23.4 Å². The number of rotatable bonds is 5. The van der Waals surface area contributed by atoms with Gasteiger partial charge in [0.1, 0.15) is 6.10 Å². The van der Waals surface area contributed by atoms with Crippen molar-refractivity contribution in [2.24, 2.45) is 11.8 Å². The number of ether oxygens (including phenoxy) is 3. The molecule has 3 rings (SSSR count). The molecule has 1 saturated carbocycles. The summed E-state index contributed by atoms with van der Waals surface area (Å²) in [6, 6.07) is 0. The van der Waals surface area contributed by atoms with Crippen LogP contribution in [-0.4, -0.2) is 46.0 Å². The standard InChI is InChI=1S/C19H34O5Si/c1-19(2,3)25(4,5)22-12-14-13-10-17(20)23-15(13)11-16(14)24-18-8-6-7-9-21-18/h13-16,18H,6-12H2,1-5H3/t13?,14-,15?,16?,18?/m1/s1. The normalized spacial score (nSPS) is 36.4. The van der Waals surface area contributed by atoms with Crippen molar-refractivity contribution in [1.29, 1.82) is 0 Å². The molecular formula is C19H34O5Si. The van der Waals surface area contributed by atoms with Crippen LogP contribution in [0, 0.1) is 11.8 Å². The van der Waals surface area contributed by atoms with Crippen LogP contribution in [0.15, 0.2) is 0 Å². The summed E-state index contributed by atoms with van der Waals surface area (Å²) in [5.41, 5.74) is 0. The van der Waals surface area contributed by atoms with Gasteiger partial charge in [0.15, 0.2) is 14.6 Å². The van der Waals surface area contributed by atoms with Gasteiger partial charge < -0.3 is 18.6 Å². The van der Waals surface area contributed by atoms with Gasteiger partial charge in [-0.05, 0) is 37.4 Å². The zero-order valence-corrected chi connectivity index (χ0v) is 17.4. The highest BCUT2D eigenvalue weighted by Gasteiger charge is 2.52. The van der Waals surface area contributed by atoms with E-state index >= 15 is 0 Å². The summed E-state index contributed by atoms with van der Waals surface area (Å²) in [5, 5.41) is 0.176. The van der Waals surface area contributed by atoms with Gasteiger partial charge in [-0.25, -0.2) is 0 Å². The van der Waals surface area contributed by atoms with Crippen molar-refractivity contribution in [2.45, 2.75) is 89.5 Å². The Hall–Kier alpha value is -0.433. The van der Waals surface area contributed by atoms with Gasteiger partial charge in [0, 0.05) is 31.5 Å². The third kappa shape index (κ3) is 4.29. The lowest BCUT2D eigenvalue weighted by Gasteiger charge is -2.38. The van der Waals surface area contributed by atoms with E-state index in [0.29, 0.717) is 13.0 Å². The number of hydrogen-bond donors (Lipinski definition) is 0. The summed E-state index contributed by atoms with van der Waals surface area (Å²) in [5.74, 6) is 0.377. The first kappa shape index (κ1) is 19.3. The number of fused-ring (bicyclic) bond motifs is 1. The molecule has 0 bridgehead atoms. The molecule has 0 aromatic carbocycles. The first-order valence-electron chi connectivity index (χ1n) is 9.78. The minimum Gasteiger partial charge on any atom is -0.462 e. The number of carbonyl (C=O) groups is 1. The topological polar surface area (TPSA) is 54.0 Å². The van der Waals surface area contributed by atoms with Crippen molar-refractivity contribution in [3.63, 3.8) is 0 Å². The molecule has 0 aromatic rings. The summed E-state index contributed by atoms with van der Waals surface area (Å²) in [7, 11) is -1.83. The highest BCUT2D eigenvalue weighted by atomic mass is 28.4. The maximum Gasteiger partial charge on any atom is 0.306 e. The van der Waals surface area contributed by atoms with Crippen LogP contribution in [0.2, 0.25) is 18.1 Å². The van der Waals surface area contributed by atoms with Crippen LogP contribution in [-0.2, 0) is 23.4 Å². The molecule has 5 atom stereocenters. The van der Waals surface area contributed by atoms with Gasteiger partial charge >= 0.3 is 5.97 Å². The van der Waals surface area contributed by atoms with E-state index in [2.05, 4.69) is 33.9 Å². The first-order chi connectivity index (χ1) is 11.7. The summed E-state index contributed by atoms with van der Waals surface area (Å²) in [6.45, 7) is 12.7. The molecule has 2 heterocycles. The van der Waals surface area contributed by atoms with Crippen LogP contribution in [0.1, 0.15) is 52.9 Å². The molecule has 5 nitrogen and oxygen atoms in total. The molecule has 0 aromatic heterocycles. The molecule has 144 valence electrons. The lowest BCUT2D eigenvalue weighted by Crippen LogP contribution is -2.44. The minimum absolute atomic E-state index is 0.00546. The fourth-order valence-electron chi connectivity index (χ4n) is 3.88. The largest absolute Gasteiger partial charge is 0.462 e. The van der Waals surface area contributed by atoms with Gasteiger partial charge in [-0.2, -0.15) is 0 Å². The van der Waals surface area contributed by atoms with Crippen molar-refractivity contribution >= 4 is 14.3 Å². The quantitative estimate of drug-likeness (QED) is 0.543. The monoisotopic (exact) mass is 370 g/mol. The molecular weight excluding hydrogens is 336 g/mol. The summed E-state index contributed by atoms with van der Waals surface area (Å²) < 4.78 is 24.1. The average Bonchev–Trinajstić information content (AvgIpc) is 3.01. The zero-order valence-electron chi connectivity index (χ0n) is 16.4. The second kappa shape index (κ2) is 7.29. The van der Waals surface area contributed by atoms with E-state index in [1.165, 1.54) is 0 Å². The van der Waals surface area contributed by atoms with Crippen molar-refractivity contribution in [3.05, 3.63) is 0 Å². The first-order valence-corrected chi connectivity index (χ1v) is 12.7. The molecule has 25 heavy (non-hydrogen) atoms. The van der Waals surface area contributed by atoms with Gasteiger partial charge in [-0.15, -0.1) is 0 Å². The molecule has 4 unspecified atom stereocenters. The van der Waals surface area contributed by atoms with Crippen LogP contribution in [0.3, 0.4) is 0 Å². The zero-order chi connectivity index (χ0) is 18.2. The van der Waals surface area contributed by atoms with Gasteiger partial charge in [-0.1, -0.05) is 20.8 Å². The molecule has 0 radical (unpaired) electrons. The fourth-order valence-corrected chi connectivity index (χ4v) is 4.92. The summed E-state index contributed by atoms with van der Waals surface area (Å²) in [6.07, 6.45) is 4.47. The van der Waals surface area contributed by atoms with Gasteiger partial charge in [0.2, 0.25) is 0 Å². The van der Waals surface area contributed by atoms with Crippen molar-refractivity contribution in [1.82, 2.24) is 0 Å². The van der Waals surface area contributed by atoms with Crippen LogP contribution >= 0.6 is 0 Å². The fraction of sp³-hybridized carbons (Fsp3) is 0.947. The SMILES string of the molecule is CC(C)(C)[Si](C)(C)OC[C@H]1C(OC2CCCCO2)CC2OC(=O)CC21. The van der Waals surface area contributed by atoms with Crippen LogP contribution in [0.5, 0.6) is 0 Å². The van der Waals surface area contributed by atoms with Crippen LogP contribution < -0.4 is 0 Å². The molecule has 3 aliphatic rings. The maximum absolute atomic E-state index is 11.7. The molecule has 2 saturated heterocycles. The van der Waals surface area contributed by atoms with E-state index in [-0.39, 0.29) is 41.3 Å². The Bertz CT molecular complexity index is 481. The summed E-state index contributed by atoms with van der Waals surface area (Å²) in [4.78, 5) is 11.7. The van der Waals surface area contributed by atoms with E-state index in [9.17, 15) is 4.79 Å². The molecule has 0 amide bonds. The van der Waals surface area contributed by atoms with E-state index in [1.54, 1.807) is 0 Å². The Morgan fingerprint density at radius 1 is 1.24 bits per heavy atom. The Kier molecular flexibility index (Phi) is 5.64. The maximum atomic E-state index is 11.7. The number of esters is 1. The molecule has 0 N–H and O–H groups in total. The highest BCUT2D eigenvalue weighted by molar-refractivity contribution is 6.74. The summed E-state index contributed by atoms with van der Waals surface area (Å²) >= 11 is 0. The van der Waals surface area contributed by atoms with E-state index in [4.69, 9.17) is 18.6 Å². The Balaban J connectivity index is 1.66. The van der Waals surface area contributed by atoms with E-state index < -0.39 is 8.32 Å². The van der Waals surface area contributed by atoms with Crippen LogP contribution in [0.4, 0.5) is 0 Å². The van der Waals surface area contributed by atoms with Gasteiger partial charge in [0.25, 0.3) is 0 Å². The Labute approximate surface area is 152 Å². The average molecular weight is 371 g/mol. The third-order valence-corrected chi connectivity index (χ3v) is 11.1. The number of hydrogen-bond acceptors (Lipinski definition) is 5. The molecule has 3 fully saturated rings. The molecule has 0 spiro atoms. The lowest BCUT2D eigenvalue weighted by atomic mass is 9.93. The minimum atomic E-state index is -1.83. The third-order valence-electron chi connectivity index (χ3n) is 6.56. The predicted octanol–water partition coefficient (Wildman–Crippen LogP) is 3.87. The Morgan fingerprint density at radius 2 is 2.00 bits per heavy atom. The second-order valence-corrected chi connectivity index (χ2v) is 14.1. The smallest absolute Gasteiger partial charge is 0.306 e. The lowest BCUT2D eigenvalue weighted by molar-refractivity contribution is -0.198. The van der Waals surface area contributed by atoms with E-state index in [0.717, 1.165) is 32.3 Å². The molecule has 6 heteroatoms. The van der Waals surface area contributed by atoms with Crippen LogP contribution in [0.25, 0.3) is 0 Å². The Morgan fingerprint density at radius 3 is 2.64 bits per heavy atom. The second-order valence-electron chi connectivity index (χ2n) is 9.34. The van der Waals surface area contributed by atoms with Gasteiger partial charge in [-0.3, -0.25) is 4.79 Å². The van der Waals surface area contributed by atoms with Crippen molar-refractivity contribution in [2.75, 3.05) is 13.2 Å².